The summed E-state index contributed by atoms with van der Waals surface area (Å²) >= 11 is 0. The van der Waals surface area contributed by atoms with Gasteiger partial charge in [0.05, 0.1) is 4.90 Å². The third-order valence-corrected chi connectivity index (χ3v) is 6.86. The van der Waals surface area contributed by atoms with Crippen LogP contribution in [0.2, 0.25) is 0 Å². The molecule has 2 atom stereocenters. The first kappa shape index (κ1) is 26.0. The maximum absolute atomic E-state index is 13.1. The Labute approximate surface area is 195 Å². The highest BCUT2D eigenvalue weighted by Gasteiger charge is 2.71. The number of aromatic nitrogens is 1. The number of hydrogen-bond acceptors (Lipinski definition) is 4. The summed E-state index contributed by atoms with van der Waals surface area (Å²) in [6, 6.07) is 6.29. The van der Waals surface area contributed by atoms with Gasteiger partial charge in [-0.3, -0.25) is 4.98 Å². The zero-order valence-corrected chi connectivity index (χ0v) is 18.9. The zero-order chi connectivity index (χ0) is 25.3. The summed E-state index contributed by atoms with van der Waals surface area (Å²) < 4.78 is 93.5. The average molecular weight is 505 g/mol. The lowest BCUT2D eigenvalue weighted by molar-refractivity contribution is -0.376. The topological polar surface area (TPSA) is 56.7 Å². The minimum atomic E-state index is -5.95. The number of rotatable bonds is 4. The molecule has 0 radical (unpaired) electrons. The summed E-state index contributed by atoms with van der Waals surface area (Å²) in [6.07, 6.45) is -10.4. The Bertz CT molecular complexity index is 1080. The standard InChI is InChI=1S/C22H21F6N3O2S/c1-3-4-18-14-30(34(33)19-10-5-15(2)29-13-19)11-12-31(18)17-8-6-16(7-9-17)20(32,21(23,24)25)22(26,27)28/h5-10,13,18,32H,11-12,14H2,1-2H3. The lowest BCUT2D eigenvalue weighted by Gasteiger charge is -2.40. The van der Waals surface area contributed by atoms with E-state index < -0.39 is 40.5 Å². The molecule has 3 rings (SSSR count). The largest absolute Gasteiger partial charge is 0.430 e. The van der Waals surface area contributed by atoms with E-state index in [4.69, 9.17) is 0 Å². The van der Waals surface area contributed by atoms with E-state index in [-0.39, 0.29) is 13.1 Å². The van der Waals surface area contributed by atoms with E-state index in [2.05, 4.69) is 16.8 Å². The maximum atomic E-state index is 13.1. The molecule has 34 heavy (non-hydrogen) atoms. The van der Waals surface area contributed by atoms with E-state index in [1.165, 1.54) is 6.20 Å². The van der Waals surface area contributed by atoms with E-state index >= 15 is 0 Å². The first-order chi connectivity index (χ1) is 15.8. The highest BCUT2D eigenvalue weighted by Crippen LogP contribution is 2.50. The van der Waals surface area contributed by atoms with Crippen LogP contribution in [0.25, 0.3) is 0 Å². The van der Waals surface area contributed by atoms with Crippen LogP contribution >= 0.6 is 0 Å². The first-order valence-corrected chi connectivity index (χ1v) is 11.1. The molecule has 5 nitrogen and oxygen atoms in total. The third-order valence-electron chi connectivity index (χ3n) is 5.41. The van der Waals surface area contributed by atoms with Gasteiger partial charge in [-0.2, -0.15) is 26.3 Å². The van der Waals surface area contributed by atoms with Gasteiger partial charge in [0.2, 0.25) is 0 Å². The fourth-order valence-corrected chi connectivity index (χ4v) is 4.75. The fourth-order valence-electron chi connectivity index (χ4n) is 3.60. The Morgan fingerprint density at radius 1 is 1.03 bits per heavy atom. The SMILES string of the molecule is CC#CC1CN(S(=O)c2ccc(C)nc2)CCN1c1ccc(C(O)(C(F)(F)F)C(F)(F)F)cc1. The Morgan fingerprint density at radius 2 is 1.65 bits per heavy atom. The summed E-state index contributed by atoms with van der Waals surface area (Å²) in [5.74, 6) is 5.70. The second kappa shape index (κ2) is 9.56. The van der Waals surface area contributed by atoms with Crippen LogP contribution in [-0.4, -0.2) is 56.6 Å². The van der Waals surface area contributed by atoms with Gasteiger partial charge in [0.25, 0.3) is 5.60 Å². The number of nitrogens with zero attached hydrogens (tertiary/aromatic N) is 3. The minimum Gasteiger partial charge on any atom is -0.369 e. The van der Waals surface area contributed by atoms with Gasteiger partial charge in [-0.15, -0.1) is 5.92 Å². The fraction of sp³-hybridized carbons (Fsp3) is 0.409. The number of pyridine rings is 1. The van der Waals surface area contributed by atoms with E-state index in [1.807, 2.05) is 0 Å². The molecule has 0 amide bonds. The molecule has 2 aromatic rings. The molecule has 1 fully saturated rings. The second-order valence-electron chi connectivity index (χ2n) is 7.63. The van der Waals surface area contributed by atoms with Crippen LogP contribution in [0.15, 0.2) is 47.5 Å². The molecule has 1 aliphatic heterocycles. The van der Waals surface area contributed by atoms with Gasteiger partial charge in [0.15, 0.2) is 0 Å². The van der Waals surface area contributed by atoms with Crippen LogP contribution < -0.4 is 4.90 Å². The van der Waals surface area contributed by atoms with Crippen molar-refractivity contribution < 1.29 is 35.7 Å². The molecule has 0 spiro atoms. The molecule has 2 unspecified atom stereocenters. The molecule has 2 heterocycles. The van der Waals surface area contributed by atoms with Gasteiger partial charge in [0.1, 0.15) is 17.0 Å². The Hall–Kier alpha value is -2.62. The molecule has 184 valence electrons. The number of alkyl halides is 6. The molecule has 0 aliphatic carbocycles. The highest BCUT2D eigenvalue weighted by molar-refractivity contribution is 7.82. The minimum absolute atomic E-state index is 0.220. The van der Waals surface area contributed by atoms with Crippen molar-refractivity contribution >= 4 is 16.7 Å². The number of anilines is 1. The van der Waals surface area contributed by atoms with Crippen molar-refractivity contribution in [1.29, 1.82) is 0 Å². The second-order valence-corrected chi connectivity index (χ2v) is 9.11. The van der Waals surface area contributed by atoms with Gasteiger partial charge in [-0.25, -0.2) is 8.51 Å². The number of halogens is 6. The number of benzene rings is 1. The molecule has 1 saturated heterocycles. The van der Waals surface area contributed by atoms with Gasteiger partial charge in [-0.05, 0) is 38.1 Å². The summed E-state index contributed by atoms with van der Waals surface area (Å²) in [7, 11) is -1.52. The summed E-state index contributed by atoms with van der Waals surface area (Å²) in [4.78, 5) is 6.35. The molecular formula is C22H21F6N3O2S. The van der Waals surface area contributed by atoms with Crippen LogP contribution in [0.3, 0.4) is 0 Å². The average Bonchev–Trinajstić information content (AvgIpc) is 2.77. The third kappa shape index (κ3) is 4.92. The quantitative estimate of drug-likeness (QED) is 0.506. The van der Waals surface area contributed by atoms with Crippen LogP contribution in [0.1, 0.15) is 18.2 Å². The van der Waals surface area contributed by atoms with Crippen LogP contribution in [-0.2, 0) is 16.6 Å². The Morgan fingerprint density at radius 3 is 2.15 bits per heavy atom. The monoisotopic (exact) mass is 505 g/mol. The molecule has 1 N–H and O–H groups in total. The van der Waals surface area contributed by atoms with E-state index in [0.29, 0.717) is 29.3 Å². The Kier molecular flexibility index (Phi) is 7.31. The Balaban J connectivity index is 1.85. The van der Waals surface area contributed by atoms with E-state index in [9.17, 15) is 35.7 Å². The van der Waals surface area contributed by atoms with Crippen molar-refractivity contribution in [3.05, 3.63) is 53.9 Å². The first-order valence-electron chi connectivity index (χ1n) is 10.0. The lowest BCUT2D eigenvalue weighted by Crippen LogP contribution is -2.54. The number of hydrogen-bond donors (Lipinski definition) is 1. The van der Waals surface area contributed by atoms with Crippen LogP contribution in [0, 0.1) is 18.8 Å². The molecule has 1 aromatic carbocycles. The normalized spacial score (nSPS) is 18.9. The molecular weight excluding hydrogens is 484 g/mol. The predicted octanol–water partition coefficient (Wildman–Crippen LogP) is 3.94. The van der Waals surface area contributed by atoms with Gasteiger partial charge in [0, 0.05) is 42.8 Å². The number of aryl methyl sites for hydroxylation is 1. The zero-order valence-electron chi connectivity index (χ0n) is 18.1. The van der Waals surface area contributed by atoms with Crippen molar-refractivity contribution in [3.63, 3.8) is 0 Å². The molecule has 12 heteroatoms. The smallest absolute Gasteiger partial charge is 0.369 e. The van der Waals surface area contributed by atoms with Gasteiger partial charge in [-0.1, -0.05) is 18.1 Å². The molecule has 1 aromatic heterocycles. The van der Waals surface area contributed by atoms with Crippen LogP contribution in [0.5, 0.6) is 0 Å². The van der Waals surface area contributed by atoms with Gasteiger partial charge < -0.3 is 10.0 Å². The summed E-state index contributed by atoms with van der Waals surface area (Å²) in [5, 5.41) is 9.58. The summed E-state index contributed by atoms with van der Waals surface area (Å²) in [5.41, 5.74) is -5.22. The van der Waals surface area contributed by atoms with Crippen molar-refractivity contribution in [2.45, 2.75) is 42.7 Å². The van der Waals surface area contributed by atoms with E-state index in [0.717, 1.165) is 17.8 Å². The number of piperazine rings is 1. The molecule has 1 aliphatic rings. The van der Waals surface area contributed by atoms with Crippen LogP contribution in [0.4, 0.5) is 32.0 Å². The van der Waals surface area contributed by atoms with Crippen molar-refractivity contribution in [3.8, 4) is 11.8 Å². The number of aliphatic hydroxyl groups is 1. The summed E-state index contributed by atoms with van der Waals surface area (Å²) in [6.45, 7) is 4.19. The highest BCUT2D eigenvalue weighted by atomic mass is 32.2. The lowest BCUT2D eigenvalue weighted by atomic mass is 9.92. The predicted molar refractivity (Wildman–Crippen MR) is 114 cm³/mol. The van der Waals surface area contributed by atoms with E-state index in [1.54, 1.807) is 35.2 Å². The van der Waals surface area contributed by atoms with Gasteiger partial charge >= 0.3 is 12.4 Å². The van der Waals surface area contributed by atoms with Crippen molar-refractivity contribution in [2.24, 2.45) is 0 Å². The molecule has 0 saturated carbocycles. The van der Waals surface area contributed by atoms with Crippen molar-refractivity contribution in [2.75, 3.05) is 24.5 Å². The molecule has 0 bridgehead atoms. The maximum Gasteiger partial charge on any atom is 0.430 e. The van der Waals surface area contributed by atoms with Crippen molar-refractivity contribution in [1.82, 2.24) is 9.29 Å².